The van der Waals surface area contributed by atoms with Crippen LogP contribution in [0, 0.1) is 0 Å². The zero-order chi connectivity index (χ0) is 13.2. The van der Waals surface area contributed by atoms with E-state index in [0.717, 1.165) is 5.52 Å². The number of benzene rings is 1. The van der Waals surface area contributed by atoms with Crippen molar-refractivity contribution in [2.45, 2.75) is 0 Å². The molecule has 0 spiro atoms. The summed E-state index contributed by atoms with van der Waals surface area (Å²) in [5.74, 6) is -0.306. The average molecular weight is 274 g/mol. The van der Waals surface area contributed by atoms with Crippen LogP contribution in [0.15, 0.2) is 36.5 Å². The lowest BCUT2D eigenvalue weighted by Gasteiger charge is -2.04. The lowest BCUT2D eigenvalue weighted by Crippen LogP contribution is -2.13. The molecule has 0 fully saturated rings. The van der Waals surface area contributed by atoms with Gasteiger partial charge in [0, 0.05) is 11.9 Å². The molecule has 2 heterocycles. The Labute approximate surface area is 112 Å². The van der Waals surface area contributed by atoms with Crippen molar-refractivity contribution in [1.29, 1.82) is 0 Å². The van der Waals surface area contributed by atoms with Gasteiger partial charge in [-0.2, -0.15) is 15.4 Å². The molecule has 0 radical (unpaired) electrons. The Morgan fingerprint density at radius 2 is 2.00 bits per heavy atom. The molecule has 0 aliphatic carbocycles. The third-order valence-corrected chi connectivity index (χ3v) is 2.76. The van der Waals surface area contributed by atoms with E-state index >= 15 is 0 Å². The number of pyridine rings is 1. The second-order valence-corrected chi connectivity index (χ2v) is 4.28. The molecule has 2 N–H and O–H groups in total. The molecule has 0 bridgehead atoms. The summed E-state index contributed by atoms with van der Waals surface area (Å²) in [5, 5.41) is 13.6. The van der Waals surface area contributed by atoms with E-state index in [1.54, 1.807) is 30.3 Å². The number of fused-ring (bicyclic) bond motifs is 1. The van der Waals surface area contributed by atoms with Crippen LogP contribution in [0.4, 0.5) is 5.69 Å². The quantitative estimate of drug-likeness (QED) is 0.750. The van der Waals surface area contributed by atoms with Crippen LogP contribution in [0.25, 0.3) is 11.0 Å². The van der Waals surface area contributed by atoms with Gasteiger partial charge in [-0.05, 0) is 30.3 Å². The van der Waals surface area contributed by atoms with Gasteiger partial charge in [-0.15, -0.1) is 0 Å². The van der Waals surface area contributed by atoms with E-state index in [-0.39, 0.29) is 5.91 Å². The Morgan fingerprint density at radius 1 is 1.16 bits per heavy atom. The highest BCUT2D eigenvalue weighted by Crippen LogP contribution is 2.15. The Bertz CT molecular complexity index is 737. The highest BCUT2D eigenvalue weighted by Gasteiger charge is 2.08. The fourth-order valence-corrected chi connectivity index (χ4v) is 1.74. The van der Waals surface area contributed by atoms with Gasteiger partial charge in [0.15, 0.2) is 0 Å². The Hall–Kier alpha value is -2.47. The van der Waals surface area contributed by atoms with E-state index in [1.165, 1.54) is 6.20 Å². The van der Waals surface area contributed by atoms with E-state index < -0.39 is 0 Å². The zero-order valence-corrected chi connectivity index (χ0v) is 10.3. The first-order valence-electron chi connectivity index (χ1n) is 5.46. The van der Waals surface area contributed by atoms with Crippen molar-refractivity contribution in [1.82, 2.24) is 20.4 Å². The van der Waals surface area contributed by atoms with Gasteiger partial charge < -0.3 is 5.32 Å². The topological polar surface area (TPSA) is 83.6 Å². The summed E-state index contributed by atoms with van der Waals surface area (Å²) in [6.45, 7) is 0. The van der Waals surface area contributed by atoms with Crippen molar-refractivity contribution in [3.05, 3.63) is 47.2 Å². The number of aromatic amines is 1. The second-order valence-electron chi connectivity index (χ2n) is 3.84. The number of carbonyl (C=O) groups excluding carboxylic acids is 1. The molecule has 6 nitrogen and oxygen atoms in total. The normalized spacial score (nSPS) is 10.6. The first kappa shape index (κ1) is 11.6. The smallest absolute Gasteiger partial charge is 0.274 e. The molecule has 19 heavy (non-hydrogen) atoms. The maximum absolute atomic E-state index is 11.9. The van der Waals surface area contributed by atoms with E-state index in [9.17, 15) is 4.79 Å². The summed E-state index contributed by atoms with van der Waals surface area (Å²) >= 11 is 5.72. The average Bonchev–Trinajstić information content (AvgIpc) is 2.87. The minimum Gasteiger partial charge on any atom is -0.321 e. The minimum atomic E-state index is -0.306. The van der Waals surface area contributed by atoms with Crippen molar-refractivity contribution in [3.63, 3.8) is 0 Å². The molecule has 0 atom stereocenters. The predicted octanol–water partition coefficient (Wildman–Crippen LogP) is 2.26. The summed E-state index contributed by atoms with van der Waals surface area (Å²) in [5.41, 5.74) is 2.34. The van der Waals surface area contributed by atoms with Gasteiger partial charge in [-0.3, -0.25) is 4.79 Å². The number of carbonyl (C=O) groups is 1. The number of hydrogen-bond donors (Lipinski definition) is 2. The van der Waals surface area contributed by atoms with Crippen LogP contribution in [0.1, 0.15) is 10.5 Å². The number of rotatable bonds is 2. The first-order chi connectivity index (χ1) is 9.22. The van der Waals surface area contributed by atoms with Gasteiger partial charge in [0.2, 0.25) is 0 Å². The summed E-state index contributed by atoms with van der Waals surface area (Å²) in [6, 6.07) is 8.42. The SMILES string of the molecule is O=C(Nc1ccc2n[nH]nc2c1)c1ccc(Cl)cn1. The fraction of sp³-hybridized carbons (Fsp3) is 0. The lowest BCUT2D eigenvalue weighted by molar-refractivity contribution is 0.102. The van der Waals surface area contributed by atoms with Crippen LogP contribution in [-0.4, -0.2) is 26.3 Å². The largest absolute Gasteiger partial charge is 0.321 e. The second kappa shape index (κ2) is 4.66. The van der Waals surface area contributed by atoms with Crippen LogP contribution in [0.2, 0.25) is 5.02 Å². The van der Waals surface area contributed by atoms with Crippen molar-refractivity contribution < 1.29 is 4.79 Å². The van der Waals surface area contributed by atoms with E-state index in [1.807, 2.05) is 0 Å². The first-order valence-corrected chi connectivity index (χ1v) is 5.83. The number of amides is 1. The van der Waals surface area contributed by atoms with Gasteiger partial charge in [0.05, 0.1) is 5.02 Å². The number of nitrogens with zero attached hydrogens (tertiary/aromatic N) is 3. The van der Waals surface area contributed by atoms with E-state index in [4.69, 9.17) is 11.6 Å². The molecule has 3 rings (SSSR count). The number of nitrogens with one attached hydrogen (secondary N) is 2. The number of anilines is 1. The number of hydrogen-bond acceptors (Lipinski definition) is 4. The standard InChI is InChI=1S/C12H8ClN5O/c13-7-1-3-10(14-6-7)12(19)15-8-2-4-9-11(5-8)17-18-16-9/h1-6H,(H,15,19)(H,16,17,18). The van der Waals surface area contributed by atoms with Gasteiger partial charge in [0.25, 0.3) is 5.91 Å². The van der Waals surface area contributed by atoms with Crippen LogP contribution in [0.5, 0.6) is 0 Å². The summed E-state index contributed by atoms with van der Waals surface area (Å²) in [7, 11) is 0. The minimum absolute atomic E-state index is 0.296. The van der Waals surface area contributed by atoms with Crippen molar-refractivity contribution in [2.24, 2.45) is 0 Å². The monoisotopic (exact) mass is 273 g/mol. The highest BCUT2D eigenvalue weighted by molar-refractivity contribution is 6.30. The molecule has 94 valence electrons. The Kier molecular flexibility index (Phi) is 2.85. The third kappa shape index (κ3) is 2.38. The van der Waals surface area contributed by atoms with Crippen molar-refractivity contribution >= 4 is 34.2 Å². The molecule has 0 unspecified atom stereocenters. The molecule has 2 aromatic heterocycles. The van der Waals surface area contributed by atoms with Gasteiger partial charge in [-0.1, -0.05) is 11.6 Å². The van der Waals surface area contributed by atoms with Crippen molar-refractivity contribution in [2.75, 3.05) is 5.32 Å². The number of halogens is 1. The number of aromatic nitrogens is 4. The number of H-pyrrole nitrogens is 1. The summed E-state index contributed by atoms with van der Waals surface area (Å²) < 4.78 is 0. The third-order valence-electron chi connectivity index (χ3n) is 2.53. The highest BCUT2D eigenvalue weighted by atomic mass is 35.5. The summed E-state index contributed by atoms with van der Waals surface area (Å²) in [6.07, 6.45) is 1.43. The molecular formula is C12H8ClN5O. The van der Waals surface area contributed by atoms with Gasteiger partial charge >= 0.3 is 0 Å². The van der Waals surface area contributed by atoms with Gasteiger partial charge in [0.1, 0.15) is 16.7 Å². The molecule has 1 amide bonds. The van der Waals surface area contributed by atoms with Crippen LogP contribution < -0.4 is 5.32 Å². The molecule has 0 saturated carbocycles. The predicted molar refractivity (Wildman–Crippen MR) is 71.1 cm³/mol. The molecule has 1 aromatic carbocycles. The Morgan fingerprint density at radius 3 is 2.79 bits per heavy atom. The van der Waals surface area contributed by atoms with Crippen LogP contribution in [-0.2, 0) is 0 Å². The fourth-order valence-electron chi connectivity index (χ4n) is 1.62. The molecule has 7 heteroatoms. The van der Waals surface area contributed by atoms with Crippen LogP contribution in [0.3, 0.4) is 0 Å². The molecule has 3 aromatic rings. The molecule has 0 aliphatic rings. The maximum Gasteiger partial charge on any atom is 0.274 e. The van der Waals surface area contributed by atoms with E-state index in [0.29, 0.717) is 21.9 Å². The van der Waals surface area contributed by atoms with Gasteiger partial charge in [-0.25, -0.2) is 4.98 Å². The van der Waals surface area contributed by atoms with Crippen LogP contribution >= 0.6 is 11.6 Å². The molecule has 0 saturated heterocycles. The molecule has 0 aliphatic heterocycles. The Balaban J connectivity index is 1.83. The van der Waals surface area contributed by atoms with Crippen molar-refractivity contribution in [3.8, 4) is 0 Å². The summed E-state index contributed by atoms with van der Waals surface area (Å²) in [4.78, 5) is 15.9. The molecular weight excluding hydrogens is 266 g/mol. The zero-order valence-electron chi connectivity index (χ0n) is 9.59. The van der Waals surface area contributed by atoms with E-state index in [2.05, 4.69) is 25.7 Å². The maximum atomic E-state index is 11.9. The lowest BCUT2D eigenvalue weighted by atomic mass is 10.2.